The Labute approximate surface area is 296 Å². The lowest BCUT2D eigenvalue weighted by molar-refractivity contribution is 0.660. The van der Waals surface area contributed by atoms with Crippen LogP contribution in [0.3, 0.4) is 0 Å². The third kappa shape index (κ3) is 5.26. The molecular formula is C46H31N5. The number of benzene rings is 6. The highest BCUT2D eigenvalue weighted by atomic mass is 15.0. The van der Waals surface area contributed by atoms with Crippen molar-refractivity contribution in [3.8, 4) is 73.6 Å². The molecule has 5 heteroatoms. The van der Waals surface area contributed by atoms with Gasteiger partial charge in [-0.15, -0.1) is 0 Å². The summed E-state index contributed by atoms with van der Waals surface area (Å²) in [6.07, 6.45) is 3.75. The molecule has 1 aliphatic carbocycles. The quantitative estimate of drug-likeness (QED) is 0.185. The van der Waals surface area contributed by atoms with Crippen molar-refractivity contribution in [1.82, 2.24) is 19.9 Å². The number of aromatic nitrogens is 4. The molecule has 240 valence electrons. The Morgan fingerprint density at radius 1 is 0.490 bits per heavy atom. The van der Waals surface area contributed by atoms with Crippen LogP contribution in [0.15, 0.2) is 152 Å². The number of hydrogen-bond donors (Lipinski definition) is 0. The molecular weight excluding hydrogens is 623 g/mol. The first kappa shape index (κ1) is 30.3. The number of nitrogens with zero attached hydrogens (tertiary/aromatic N) is 5. The van der Waals surface area contributed by atoms with E-state index in [1.54, 1.807) is 0 Å². The third-order valence-electron chi connectivity index (χ3n) is 10.0. The predicted molar refractivity (Wildman–Crippen MR) is 205 cm³/mol. The molecule has 5 nitrogen and oxygen atoms in total. The zero-order chi connectivity index (χ0) is 34.5. The van der Waals surface area contributed by atoms with Gasteiger partial charge in [0.15, 0.2) is 17.5 Å². The molecule has 0 atom stereocenters. The maximum absolute atomic E-state index is 9.65. The fourth-order valence-corrected chi connectivity index (χ4v) is 7.38. The topological polar surface area (TPSA) is 75.3 Å². The van der Waals surface area contributed by atoms with Gasteiger partial charge in [0, 0.05) is 39.9 Å². The molecule has 0 bridgehead atoms. The number of rotatable bonds is 5. The molecule has 0 spiro atoms. The molecule has 0 amide bonds. The molecule has 0 N–H and O–H groups in total. The zero-order valence-electron chi connectivity index (χ0n) is 28.2. The predicted octanol–water partition coefficient (Wildman–Crippen LogP) is 10.9. The second kappa shape index (κ2) is 12.0. The SMILES string of the molecule is CC1(C)c2cc(C#N)ccc2-c2ccc(-c3cc(-c4nc(-c5ccccc5)nc(-c5ccccc5)n4)cc(-c4cccc5cnccc45)c3)cc21. The lowest BCUT2D eigenvalue weighted by Gasteiger charge is -2.22. The third-order valence-corrected chi connectivity index (χ3v) is 10.0. The maximum Gasteiger partial charge on any atom is 0.164 e. The smallest absolute Gasteiger partial charge is 0.164 e. The lowest BCUT2D eigenvalue weighted by Crippen LogP contribution is -2.15. The molecule has 8 aromatic rings. The Kier molecular flexibility index (Phi) is 7.12. The molecule has 0 fully saturated rings. The van der Waals surface area contributed by atoms with Crippen molar-refractivity contribution < 1.29 is 0 Å². The molecule has 2 heterocycles. The molecule has 2 aromatic heterocycles. The summed E-state index contributed by atoms with van der Waals surface area (Å²) in [6, 6.07) is 50.3. The first-order valence-electron chi connectivity index (χ1n) is 17.0. The monoisotopic (exact) mass is 653 g/mol. The molecule has 6 aromatic carbocycles. The standard InChI is InChI=1S/C46H31N5/c1-46(2)41-22-29(27-47)16-18-39(41)40-19-17-32(26-42(40)46)34-23-35(37-15-9-14-33-28-48-21-20-38(33)37)25-36(24-34)45-50-43(30-10-5-3-6-11-30)49-44(51-45)31-12-7-4-8-13-31/h3-26,28H,1-2H3. The van der Waals surface area contributed by atoms with Gasteiger partial charge in [0.05, 0.1) is 11.6 Å². The Bertz CT molecular complexity index is 2610. The normalized spacial score (nSPS) is 12.6. The van der Waals surface area contributed by atoms with Crippen molar-refractivity contribution in [3.63, 3.8) is 0 Å². The summed E-state index contributed by atoms with van der Waals surface area (Å²) in [5.41, 5.74) is 12.3. The van der Waals surface area contributed by atoms with Crippen molar-refractivity contribution in [2.75, 3.05) is 0 Å². The second-order valence-corrected chi connectivity index (χ2v) is 13.5. The first-order valence-corrected chi connectivity index (χ1v) is 17.0. The van der Waals surface area contributed by atoms with Gasteiger partial charge >= 0.3 is 0 Å². The van der Waals surface area contributed by atoms with Crippen LogP contribution in [-0.4, -0.2) is 19.9 Å². The first-order chi connectivity index (χ1) is 25.0. The molecule has 0 saturated heterocycles. The van der Waals surface area contributed by atoms with Crippen molar-refractivity contribution in [1.29, 1.82) is 5.26 Å². The fourth-order valence-electron chi connectivity index (χ4n) is 7.38. The van der Waals surface area contributed by atoms with Crippen LogP contribution in [0.1, 0.15) is 30.5 Å². The van der Waals surface area contributed by atoms with Gasteiger partial charge in [-0.25, -0.2) is 15.0 Å². The molecule has 0 aliphatic heterocycles. The van der Waals surface area contributed by atoms with Gasteiger partial charge in [0.1, 0.15) is 0 Å². The average molecular weight is 654 g/mol. The fraction of sp³-hybridized carbons (Fsp3) is 0.0652. The highest BCUT2D eigenvalue weighted by molar-refractivity contribution is 5.98. The summed E-state index contributed by atoms with van der Waals surface area (Å²) >= 11 is 0. The van der Waals surface area contributed by atoms with E-state index in [1.807, 2.05) is 85.2 Å². The number of pyridine rings is 1. The van der Waals surface area contributed by atoms with Crippen LogP contribution < -0.4 is 0 Å². The minimum absolute atomic E-state index is 0.264. The second-order valence-electron chi connectivity index (χ2n) is 13.5. The van der Waals surface area contributed by atoms with Gasteiger partial charge in [-0.05, 0) is 92.4 Å². The highest BCUT2D eigenvalue weighted by Gasteiger charge is 2.36. The summed E-state index contributed by atoms with van der Waals surface area (Å²) in [6.45, 7) is 4.49. The van der Waals surface area contributed by atoms with E-state index < -0.39 is 0 Å². The molecule has 51 heavy (non-hydrogen) atoms. The van der Waals surface area contributed by atoms with Crippen LogP contribution in [0.4, 0.5) is 0 Å². The Balaban J connectivity index is 1.27. The highest BCUT2D eigenvalue weighted by Crippen LogP contribution is 2.50. The Hall–Kier alpha value is -6.77. The molecule has 0 unspecified atom stereocenters. The molecule has 9 rings (SSSR count). The van der Waals surface area contributed by atoms with E-state index in [0.717, 1.165) is 49.7 Å². The van der Waals surface area contributed by atoms with E-state index in [1.165, 1.54) is 22.3 Å². The van der Waals surface area contributed by atoms with E-state index in [0.29, 0.717) is 23.0 Å². The lowest BCUT2D eigenvalue weighted by atomic mass is 9.81. The number of fused-ring (bicyclic) bond motifs is 4. The van der Waals surface area contributed by atoms with Crippen LogP contribution in [-0.2, 0) is 5.41 Å². The van der Waals surface area contributed by atoms with Crippen LogP contribution in [0.2, 0.25) is 0 Å². The van der Waals surface area contributed by atoms with E-state index >= 15 is 0 Å². The van der Waals surface area contributed by atoms with Crippen LogP contribution in [0, 0.1) is 11.3 Å². The summed E-state index contributed by atoms with van der Waals surface area (Å²) in [5.74, 6) is 1.85. The van der Waals surface area contributed by atoms with Gasteiger partial charge in [-0.1, -0.05) is 111 Å². The van der Waals surface area contributed by atoms with Gasteiger partial charge in [0.2, 0.25) is 0 Å². The maximum atomic E-state index is 9.65. The van der Waals surface area contributed by atoms with E-state index in [-0.39, 0.29) is 5.41 Å². The van der Waals surface area contributed by atoms with E-state index in [2.05, 4.69) is 91.6 Å². The Morgan fingerprint density at radius 2 is 1.10 bits per heavy atom. The molecule has 0 saturated carbocycles. The number of nitriles is 1. The van der Waals surface area contributed by atoms with Crippen molar-refractivity contribution in [3.05, 3.63) is 169 Å². The van der Waals surface area contributed by atoms with Crippen LogP contribution >= 0.6 is 0 Å². The van der Waals surface area contributed by atoms with Crippen molar-refractivity contribution >= 4 is 10.8 Å². The van der Waals surface area contributed by atoms with E-state index in [9.17, 15) is 5.26 Å². The number of hydrogen-bond acceptors (Lipinski definition) is 5. The van der Waals surface area contributed by atoms with Gasteiger partial charge in [0.25, 0.3) is 0 Å². The van der Waals surface area contributed by atoms with Crippen molar-refractivity contribution in [2.24, 2.45) is 0 Å². The van der Waals surface area contributed by atoms with Crippen LogP contribution in [0.5, 0.6) is 0 Å². The van der Waals surface area contributed by atoms with Gasteiger partial charge in [-0.2, -0.15) is 5.26 Å². The minimum Gasteiger partial charge on any atom is -0.264 e. The molecule has 0 radical (unpaired) electrons. The van der Waals surface area contributed by atoms with Crippen molar-refractivity contribution in [2.45, 2.75) is 19.3 Å². The largest absolute Gasteiger partial charge is 0.264 e. The van der Waals surface area contributed by atoms with Gasteiger partial charge in [-0.3, -0.25) is 4.98 Å². The Morgan fingerprint density at radius 3 is 1.78 bits per heavy atom. The summed E-state index contributed by atoms with van der Waals surface area (Å²) in [4.78, 5) is 19.5. The average Bonchev–Trinajstić information content (AvgIpc) is 3.42. The summed E-state index contributed by atoms with van der Waals surface area (Å²) in [5, 5.41) is 11.9. The minimum atomic E-state index is -0.264. The molecule has 1 aliphatic rings. The van der Waals surface area contributed by atoms with Crippen LogP contribution in [0.25, 0.3) is 78.3 Å². The zero-order valence-corrected chi connectivity index (χ0v) is 28.2. The van der Waals surface area contributed by atoms with E-state index in [4.69, 9.17) is 15.0 Å². The van der Waals surface area contributed by atoms with Gasteiger partial charge < -0.3 is 0 Å². The summed E-state index contributed by atoms with van der Waals surface area (Å²) in [7, 11) is 0. The summed E-state index contributed by atoms with van der Waals surface area (Å²) < 4.78 is 0.